The molecule has 0 spiro atoms. The van der Waals surface area contributed by atoms with Gasteiger partial charge in [0.2, 0.25) is 0 Å². The molecule has 3 rings (SSSR count). The molecule has 0 N–H and O–H groups in total. The van der Waals surface area contributed by atoms with Crippen LogP contribution in [0.1, 0.15) is 12.5 Å². The van der Waals surface area contributed by atoms with E-state index in [0.29, 0.717) is 53.3 Å². The molecule has 0 aliphatic carbocycles. The molecular weight excluding hydrogens is 362 g/mol. The highest BCUT2D eigenvalue weighted by molar-refractivity contribution is 8.26. The molecule has 132 valence electrons. The van der Waals surface area contributed by atoms with Crippen LogP contribution in [0.3, 0.4) is 0 Å². The van der Waals surface area contributed by atoms with Gasteiger partial charge in [0, 0.05) is 25.7 Å². The van der Waals surface area contributed by atoms with Crippen LogP contribution in [0.15, 0.2) is 23.1 Å². The minimum atomic E-state index is -0.389. The van der Waals surface area contributed by atoms with Gasteiger partial charge in [-0.3, -0.25) is 19.8 Å². The molecule has 0 unspecified atom stereocenters. The average Bonchev–Trinajstić information content (AvgIpc) is 2.88. The number of thioether (sulfide) groups is 1. The Morgan fingerprint density at radius 1 is 1.40 bits per heavy atom. The number of hydrogen-bond donors (Lipinski definition) is 0. The number of nitro groups is 1. The van der Waals surface area contributed by atoms with Crippen molar-refractivity contribution in [2.45, 2.75) is 6.92 Å². The fraction of sp³-hybridized carbons (Fsp3) is 0.375. The fourth-order valence-electron chi connectivity index (χ4n) is 2.77. The van der Waals surface area contributed by atoms with Crippen molar-refractivity contribution in [1.29, 1.82) is 0 Å². The summed E-state index contributed by atoms with van der Waals surface area (Å²) in [6, 6.07) is 5.02. The first kappa shape index (κ1) is 17.8. The van der Waals surface area contributed by atoms with Crippen molar-refractivity contribution >= 4 is 51.7 Å². The molecule has 0 bridgehead atoms. The van der Waals surface area contributed by atoms with Crippen molar-refractivity contribution in [3.63, 3.8) is 0 Å². The molecule has 0 saturated carbocycles. The predicted molar refractivity (Wildman–Crippen MR) is 102 cm³/mol. The van der Waals surface area contributed by atoms with Crippen molar-refractivity contribution in [3.05, 3.63) is 38.8 Å². The summed E-state index contributed by atoms with van der Waals surface area (Å²) in [5, 5.41) is 11.5. The summed E-state index contributed by atoms with van der Waals surface area (Å²) in [5.74, 6) is -0.155. The Kier molecular flexibility index (Phi) is 5.36. The van der Waals surface area contributed by atoms with E-state index in [1.54, 1.807) is 18.2 Å². The summed E-state index contributed by atoms with van der Waals surface area (Å²) >= 11 is 6.40. The van der Waals surface area contributed by atoms with Crippen molar-refractivity contribution in [3.8, 4) is 0 Å². The Balaban J connectivity index is 1.92. The zero-order valence-electron chi connectivity index (χ0n) is 13.6. The van der Waals surface area contributed by atoms with Crippen LogP contribution in [0, 0.1) is 10.1 Å². The molecule has 9 heteroatoms. The SMILES string of the molecule is CCN1C(=O)/C(=C/c2ccc(N3CCOCC3)c([N+](=O)[O-])c2)SC1=S. The van der Waals surface area contributed by atoms with Crippen LogP contribution in [0.25, 0.3) is 6.08 Å². The highest BCUT2D eigenvalue weighted by Crippen LogP contribution is 2.35. The molecular formula is C16H17N3O4S2. The van der Waals surface area contributed by atoms with Gasteiger partial charge in [-0.2, -0.15) is 0 Å². The maximum Gasteiger partial charge on any atom is 0.293 e. The first-order chi connectivity index (χ1) is 12.0. The van der Waals surface area contributed by atoms with E-state index in [2.05, 4.69) is 0 Å². The monoisotopic (exact) mass is 379 g/mol. The molecule has 7 nitrogen and oxygen atoms in total. The van der Waals surface area contributed by atoms with Crippen LogP contribution in [0.2, 0.25) is 0 Å². The highest BCUT2D eigenvalue weighted by Gasteiger charge is 2.31. The molecule has 2 aliphatic heterocycles. The Morgan fingerprint density at radius 3 is 2.72 bits per heavy atom. The smallest absolute Gasteiger partial charge is 0.293 e. The minimum Gasteiger partial charge on any atom is -0.378 e. The molecule has 1 aromatic carbocycles. The van der Waals surface area contributed by atoms with Crippen LogP contribution >= 0.6 is 24.0 Å². The van der Waals surface area contributed by atoms with Crippen molar-refractivity contribution in [2.75, 3.05) is 37.7 Å². The van der Waals surface area contributed by atoms with Crippen LogP contribution in [0.5, 0.6) is 0 Å². The van der Waals surface area contributed by atoms with Gasteiger partial charge in [-0.15, -0.1) is 0 Å². The topological polar surface area (TPSA) is 75.9 Å². The van der Waals surface area contributed by atoms with Crippen molar-refractivity contribution < 1.29 is 14.5 Å². The number of carbonyl (C=O) groups is 1. The number of rotatable bonds is 4. The number of thiocarbonyl (C=S) groups is 1. The molecule has 2 heterocycles. The second-order valence-electron chi connectivity index (χ2n) is 5.53. The number of anilines is 1. The number of morpholine rings is 1. The number of ether oxygens (including phenoxy) is 1. The van der Waals surface area contributed by atoms with Crippen LogP contribution in [-0.2, 0) is 9.53 Å². The highest BCUT2D eigenvalue weighted by atomic mass is 32.2. The standard InChI is InChI=1S/C16H17N3O4S2/c1-2-18-15(20)14(25-16(18)24)10-11-3-4-12(13(9-11)19(21)22)17-5-7-23-8-6-17/h3-4,9-10H,2,5-8H2,1H3/b14-10-. The van der Waals surface area contributed by atoms with E-state index in [9.17, 15) is 14.9 Å². The molecule has 0 atom stereocenters. The summed E-state index contributed by atoms with van der Waals surface area (Å²) in [5.41, 5.74) is 1.22. The van der Waals surface area contributed by atoms with Gasteiger partial charge in [-0.25, -0.2) is 0 Å². The second kappa shape index (κ2) is 7.51. The lowest BCUT2D eigenvalue weighted by atomic mass is 10.1. The third-order valence-electron chi connectivity index (χ3n) is 4.04. The summed E-state index contributed by atoms with van der Waals surface area (Å²) < 4.78 is 5.81. The van der Waals surface area contributed by atoms with Crippen LogP contribution < -0.4 is 4.90 Å². The van der Waals surface area contributed by atoms with E-state index in [1.807, 2.05) is 11.8 Å². The Labute approximate surface area is 154 Å². The summed E-state index contributed by atoms with van der Waals surface area (Å²) in [6.07, 6.45) is 1.66. The fourth-order valence-corrected chi connectivity index (χ4v) is 4.16. The van der Waals surface area contributed by atoms with Gasteiger partial charge in [-0.1, -0.05) is 30.0 Å². The van der Waals surface area contributed by atoms with Gasteiger partial charge in [-0.05, 0) is 24.6 Å². The number of nitrogens with zero attached hydrogens (tertiary/aromatic N) is 3. The Hall–Kier alpha value is -1.97. The first-order valence-corrected chi connectivity index (χ1v) is 9.10. The number of nitro benzene ring substituents is 1. The maximum absolute atomic E-state index is 12.3. The van der Waals surface area contributed by atoms with Gasteiger partial charge < -0.3 is 9.64 Å². The number of hydrogen-bond acceptors (Lipinski definition) is 7. The van der Waals surface area contributed by atoms with E-state index >= 15 is 0 Å². The molecule has 2 fully saturated rings. The number of benzene rings is 1. The molecule has 2 saturated heterocycles. The van der Waals surface area contributed by atoms with Gasteiger partial charge in [0.1, 0.15) is 10.0 Å². The second-order valence-corrected chi connectivity index (χ2v) is 7.21. The Bertz CT molecular complexity index is 760. The van der Waals surface area contributed by atoms with E-state index in [-0.39, 0.29) is 16.5 Å². The van der Waals surface area contributed by atoms with Gasteiger partial charge in [0.05, 0.1) is 23.0 Å². The molecule has 1 amide bonds. The zero-order valence-corrected chi connectivity index (χ0v) is 15.3. The zero-order chi connectivity index (χ0) is 18.0. The van der Waals surface area contributed by atoms with Crippen LogP contribution in [-0.4, -0.2) is 52.9 Å². The average molecular weight is 379 g/mol. The quantitative estimate of drug-likeness (QED) is 0.344. The maximum atomic E-state index is 12.3. The number of carbonyl (C=O) groups excluding carboxylic acids is 1. The summed E-state index contributed by atoms with van der Waals surface area (Å²) in [7, 11) is 0. The predicted octanol–water partition coefficient (Wildman–Crippen LogP) is 2.65. The minimum absolute atomic E-state index is 0.0293. The molecule has 25 heavy (non-hydrogen) atoms. The lowest BCUT2D eigenvalue weighted by Gasteiger charge is -2.28. The lowest BCUT2D eigenvalue weighted by molar-refractivity contribution is -0.384. The molecule has 2 aliphatic rings. The van der Waals surface area contributed by atoms with Crippen LogP contribution in [0.4, 0.5) is 11.4 Å². The van der Waals surface area contributed by atoms with Gasteiger partial charge in [0.15, 0.2) is 0 Å². The Morgan fingerprint density at radius 2 is 2.12 bits per heavy atom. The van der Waals surface area contributed by atoms with Gasteiger partial charge in [0.25, 0.3) is 11.6 Å². The van der Waals surface area contributed by atoms with Crippen molar-refractivity contribution in [1.82, 2.24) is 4.90 Å². The summed E-state index contributed by atoms with van der Waals surface area (Å²) in [6.45, 7) is 4.72. The van der Waals surface area contributed by atoms with E-state index in [1.165, 1.54) is 22.7 Å². The van der Waals surface area contributed by atoms with E-state index in [4.69, 9.17) is 17.0 Å². The summed E-state index contributed by atoms with van der Waals surface area (Å²) in [4.78, 5) is 27.3. The molecule has 1 aromatic rings. The van der Waals surface area contributed by atoms with Crippen molar-refractivity contribution in [2.24, 2.45) is 0 Å². The first-order valence-electron chi connectivity index (χ1n) is 7.87. The molecule has 0 radical (unpaired) electrons. The van der Waals surface area contributed by atoms with E-state index in [0.717, 1.165) is 0 Å². The largest absolute Gasteiger partial charge is 0.378 e. The number of amides is 1. The molecule has 0 aromatic heterocycles. The number of likely N-dealkylation sites (N-methyl/N-ethyl adjacent to an activating group) is 1. The lowest BCUT2D eigenvalue weighted by Crippen LogP contribution is -2.36. The van der Waals surface area contributed by atoms with Gasteiger partial charge >= 0.3 is 0 Å². The van der Waals surface area contributed by atoms with E-state index < -0.39 is 0 Å². The third kappa shape index (κ3) is 3.68. The normalized spacial score (nSPS) is 19.8. The third-order valence-corrected chi connectivity index (χ3v) is 5.41.